The van der Waals surface area contributed by atoms with E-state index in [-0.39, 0.29) is 27.7 Å². The number of carbonyl (C=O) groups excluding carboxylic acids is 1. The lowest BCUT2D eigenvalue weighted by Gasteiger charge is -2.26. The van der Waals surface area contributed by atoms with Gasteiger partial charge in [0.1, 0.15) is 11.5 Å². The third-order valence-corrected chi connectivity index (χ3v) is 7.73. The van der Waals surface area contributed by atoms with Crippen LogP contribution >= 0.6 is 11.8 Å². The molecule has 0 radical (unpaired) electrons. The molecule has 0 saturated carbocycles. The third-order valence-electron chi connectivity index (χ3n) is 5.03. The highest BCUT2D eigenvalue weighted by Gasteiger charge is 2.27. The Bertz CT molecular complexity index is 1220. The van der Waals surface area contributed by atoms with Crippen molar-refractivity contribution in [1.82, 2.24) is 19.4 Å². The molecule has 2 aromatic heterocycles. The van der Waals surface area contributed by atoms with Crippen molar-refractivity contribution >= 4 is 27.7 Å². The third kappa shape index (κ3) is 5.64. The van der Waals surface area contributed by atoms with E-state index in [2.05, 4.69) is 10.2 Å². The highest BCUT2D eigenvalue weighted by atomic mass is 32.2. The van der Waals surface area contributed by atoms with Crippen LogP contribution in [0.2, 0.25) is 0 Å². The van der Waals surface area contributed by atoms with Crippen LogP contribution in [0.4, 0.5) is 0 Å². The van der Waals surface area contributed by atoms with Crippen LogP contribution in [0.25, 0.3) is 11.5 Å². The molecule has 12 heteroatoms. The summed E-state index contributed by atoms with van der Waals surface area (Å²) < 4.78 is 43.6. The molecule has 176 valence electrons. The quantitative estimate of drug-likeness (QED) is 0.437. The second-order valence-corrected chi connectivity index (χ2v) is 10.3. The maximum absolute atomic E-state index is 12.9. The van der Waals surface area contributed by atoms with E-state index in [1.807, 2.05) is 19.1 Å². The summed E-state index contributed by atoms with van der Waals surface area (Å²) >= 11 is 1.12. The summed E-state index contributed by atoms with van der Waals surface area (Å²) in [6.07, 6.45) is 0. The standard InChI is InChI=1S/C21H24N4O6S2/c1-15-6-7-17(30-15)13-24(2)19(26)14-32-21-23-22-20(31-21)16-4-3-5-18(12-16)33(27,28)25-8-10-29-11-9-25/h3-7,12H,8-11,13-14H2,1-2H3. The number of morpholine rings is 1. The van der Waals surface area contributed by atoms with Gasteiger partial charge in [0.15, 0.2) is 0 Å². The largest absolute Gasteiger partial charge is 0.464 e. The lowest BCUT2D eigenvalue weighted by atomic mass is 10.2. The minimum Gasteiger partial charge on any atom is -0.464 e. The van der Waals surface area contributed by atoms with Gasteiger partial charge in [-0.1, -0.05) is 17.8 Å². The first-order valence-corrected chi connectivity index (χ1v) is 12.7. The number of hydrogen-bond acceptors (Lipinski definition) is 9. The monoisotopic (exact) mass is 492 g/mol. The van der Waals surface area contributed by atoms with Crippen molar-refractivity contribution in [2.45, 2.75) is 23.6 Å². The zero-order valence-corrected chi connectivity index (χ0v) is 19.9. The highest BCUT2D eigenvalue weighted by molar-refractivity contribution is 7.99. The average molecular weight is 493 g/mol. The van der Waals surface area contributed by atoms with Crippen LogP contribution in [0.1, 0.15) is 11.5 Å². The van der Waals surface area contributed by atoms with Gasteiger partial charge in [0.25, 0.3) is 5.22 Å². The predicted octanol–water partition coefficient (Wildman–Crippen LogP) is 2.41. The molecule has 0 unspecified atom stereocenters. The number of benzene rings is 1. The first-order chi connectivity index (χ1) is 15.8. The van der Waals surface area contributed by atoms with Gasteiger partial charge in [-0.15, -0.1) is 10.2 Å². The molecule has 10 nitrogen and oxygen atoms in total. The van der Waals surface area contributed by atoms with Crippen LogP contribution in [-0.4, -0.2) is 72.8 Å². The van der Waals surface area contributed by atoms with Gasteiger partial charge in [0.05, 0.1) is 30.4 Å². The molecule has 1 aliphatic rings. The SMILES string of the molecule is Cc1ccc(CN(C)C(=O)CSc2nnc(-c3cccc(S(=O)(=O)N4CCOCC4)c3)o2)o1. The highest BCUT2D eigenvalue weighted by Crippen LogP contribution is 2.26. The molecule has 1 saturated heterocycles. The van der Waals surface area contributed by atoms with Gasteiger partial charge >= 0.3 is 0 Å². The van der Waals surface area contributed by atoms with Gasteiger partial charge in [0.2, 0.25) is 21.8 Å². The first kappa shape index (κ1) is 23.5. The fourth-order valence-corrected chi connectivity index (χ4v) is 5.39. The molecule has 1 aromatic carbocycles. The van der Waals surface area contributed by atoms with Crippen molar-refractivity contribution in [2.75, 3.05) is 39.1 Å². The second kappa shape index (κ2) is 10.1. The Balaban J connectivity index is 1.39. The summed E-state index contributed by atoms with van der Waals surface area (Å²) in [5.74, 6) is 1.68. The van der Waals surface area contributed by atoms with Gasteiger partial charge in [-0.2, -0.15) is 4.31 Å². The molecular weight excluding hydrogens is 468 g/mol. The molecule has 33 heavy (non-hydrogen) atoms. The van der Waals surface area contributed by atoms with Gasteiger partial charge in [-0.25, -0.2) is 8.42 Å². The van der Waals surface area contributed by atoms with Crippen LogP contribution < -0.4 is 0 Å². The minimum atomic E-state index is -3.64. The molecule has 1 aliphatic heterocycles. The summed E-state index contributed by atoms with van der Waals surface area (Å²) in [6.45, 7) is 3.59. The molecule has 0 aliphatic carbocycles. The first-order valence-electron chi connectivity index (χ1n) is 10.3. The maximum atomic E-state index is 12.9. The molecule has 0 atom stereocenters. The van der Waals surface area contributed by atoms with Crippen molar-refractivity contribution in [3.05, 3.63) is 47.9 Å². The van der Waals surface area contributed by atoms with Crippen LogP contribution in [-0.2, 0) is 26.1 Å². The summed E-state index contributed by atoms with van der Waals surface area (Å²) in [5.41, 5.74) is 0.486. The number of ether oxygens (including phenoxy) is 1. The Morgan fingerprint density at radius 1 is 1.15 bits per heavy atom. The number of amides is 1. The molecule has 0 spiro atoms. The van der Waals surface area contributed by atoms with Crippen LogP contribution in [0.3, 0.4) is 0 Å². The van der Waals surface area contributed by atoms with Crippen molar-refractivity contribution in [3.63, 3.8) is 0 Å². The van der Waals surface area contributed by atoms with E-state index < -0.39 is 10.0 Å². The van der Waals surface area contributed by atoms with E-state index in [0.717, 1.165) is 17.5 Å². The molecule has 1 amide bonds. The van der Waals surface area contributed by atoms with Gasteiger partial charge < -0.3 is 18.5 Å². The number of nitrogens with zero attached hydrogens (tertiary/aromatic N) is 4. The van der Waals surface area contributed by atoms with Crippen molar-refractivity contribution < 1.29 is 26.8 Å². The van der Waals surface area contributed by atoms with E-state index >= 15 is 0 Å². The van der Waals surface area contributed by atoms with E-state index in [0.29, 0.717) is 44.2 Å². The van der Waals surface area contributed by atoms with Crippen LogP contribution in [0.15, 0.2) is 55.4 Å². The Kier molecular flexibility index (Phi) is 7.17. The zero-order valence-electron chi connectivity index (χ0n) is 18.3. The fourth-order valence-electron chi connectivity index (χ4n) is 3.24. The molecule has 0 bridgehead atoms. The van der Waals surface area contributed by atoms with E-state index in [9.17, 15) is 13.2 Å². The summed E-state index contributed by atoms with van der Waals surface area (Å²) in [4.78, 5) is 14.1. The Morgan fingerprint density at radius 3 is 2.67 bits per heavy atom. The van der Waals surface area contributed by atoms with Gasteiger partial charge in [-0.3, -0.25) is 4.79 Å². The topological polar surface area (TPSA) is 119 Å². The number of sulfonamides is 1. The molecule has 3 aromatic rings. The Labute approximate surface area is 195 Å². The predicted molar refractivity (Wildman–Crippen MR) is 120 cm³/mol. The normalized spacial score (nSPS) is 15.0. The summed E-state index contributed by atoms with van der Waals surface area (Å²) in [6, 6.07) is 10.1. The lowest BCUT2D eigenvalue weighted by Crippen LogP contribution is -2.40. The molecule has 1 fully saturated rings. The number of rotatable bonds is 8. The van der Waals surface area contributed by atoms with Crippen molar-refractivity contribution in [3.8, 4) is 11.5 Å². The smallest absolute Gasteiger partial charge is 0.277 e. The molecule has 3 heterocycles. The Hall–Kier alpha value is -2.67. The minimum absolute atomic E-state index is 0.114. The van der Waals surface area contributed by atoms with Crippen LogP contribution in [0, 0.1) is 6.92 Å². The molecular formula is C21H24N4O6S2. The van der Waals surface area contributed by atoms with E-state index in [1.54, 1.807) is 24.1 Å². The molecule has 4 rings (SSSR count). The second-order valence-electron chi connectivity index (χ2n) is 7.47. The number of thioether (sulfide) groups is 1. The van der Waals surface area contributed by atoms with E-state index in [4.69, 9.17) is 13.6 Å². The lowest BCUT2D eigenvalue weighted by molar-refractivity contribution is -0.127. The van der Waals surface area contributed by atoms with Crippen molar-refractivity contribution in [2.24, 2.45) is 0 Å². The van der Waals surface area contributed by atoms with Crippen LogP contribution in [0.5, 0.6) is 0 Å². The van der Waals surface area contributed by atoms with Crippen molar-refractivity contribution in [1.29, 1.82) is 0 Å². The van der Waals surface area contributed by atoms with Gasteiger partial charge in [0, 0.05) is 25.7 Å². The number of aromatic nitrogens is 2. The summed E-state index contributed by atoms with van der Waals surface area (Å²) in [5, 5.41) is 8.21. The zero-order chi connectivity index (χ0) is 23.4. The fraction of sp³-hybridized carbons (Fsp3) is 0.381. The number of aryl methyl sites for hydroxylation is 1. The number of carbonyl (C=O) groups is 1. The Morgan fingerprint density at radius 2 is 1.94 bits per heavy atom. The van der Waals surface area contributed by atoms with Gasteiger partial charge in [-0.05, 0) is 37.3 Å². The number of furan rings is 1. The summed E-state index contributed by atoms with van der Waals surface area (Å²) in [7, 11) is -1.95. The maximum Gasteiger partial charge on any atom is 0.277 e. The average Bonchev–Trinajstić information content (AvgIpc) is 3.47. The molecule has 0 N–H and O–H groups in total. The van der Waals surface area contributed by atoms with E-state index in [1.165, 1.54) is 16.4 Å². The number of hydrogen-bond donors (Lipinski definition) is 0.